The maximum Gasteiger partial charge on any atom is 0.327 e. The number of nitrogens with zero attached hydrogens (tertiary/aromatic N) is 1. The summed E-state index contributed by atoms with van der Waals surface area (Å²) in [6.45, 7) is 3.18. The van der Waals surface area contributed by atoms with Crippen LogP contribution in [0.2, 0.25) is 0 Å². The van der Waals surface area contributed by atoms with Crippen LogP contribution in [0.25, 0.3) is 0 Å². The van der Waals surface area contributed by atoms with Gasteiger partial charge in [0.05, 0.1) is 16.8 Å². The number of Topliss-reactive ketones (excluding diaryl/α,β-unsaturated/α-hetero) is 1. The molecule has 0 amide bonds. The second-order valence-corrected chi connectivity index (χ2v) is 4.91. The van der Waals surface area contributed by atoms with Crippen LogP contribution in [-0.2, 0) is 9.59 Å². The van der Waals surface area contributed by atoms with Gasteiger partial charge in [-0.3, -0.25) is 4.79 Å². The summed E-state index contributed by atoms with van der Waals surface area (Å²) in [6, 6.07) is -0.579. The van der Waals surface area contributed by atoms with Crippen molar-refractivity contribution in [1.82, 2.24) is 4.90 Å². The van der Waals surface area contributed by atoms with Crippen molar-refractivity contribution < 1.29 is 14.7 Å². The van der Waals surface area contributed by atoms with Crippen molar-refractivity contribution >= 4 is 40.7 Å². The molecule has 15 heavy (non-hydrogen) atoms. The molecule has 1 saturated heterocycles. The van der Waals surface area contributed by atoms with E-state index in [0.29, 0.717) is 16.6 Å². The Kier molecular flexibility index (Phi) is 4.10. The molecule has 0 radical (unpaired) electrons. The number of carbonyl (C=O) groups is 2. The van der Waals surface area contributed by atoms with Gasteiger partial charge in [0.25, 0.3) is 0 Å². The minimum absolute atomic E-state index is 0.0268. The molecule has 0 spiro atoms. The highest BCUT2D eigenvalue weighted by molar-refractivity contribution is 7.99. The van der Waals surface area contributed by atoms with Crippen molar-refractivity contribution in [1.29, 1.82) is 0 Å². The zero-order valence-electron chi connectivity index (χ0n) is 8.60. The monoisotopic (exact) mass is 247 g/mol. The van der Waals surface area contributed by atoms with Crippen molar-refractivity contribution in [2.75, 3.05) is 11.6 Å². The van der Waals surface area contributed by atoms with Crippen molar-refractivity contribution in [3.05, 3.63) is 0 Å². The zero-order chi connectivity index (χ0) is 11.6. The first-order valence-electron chi connectivity index (χ1n) is 4.56. The molecule has 84 valence electrons. The molecule has 0 aliphatic carbocycles. The van der Waals surface area contributed by atoms with Crippen molar-refractivity contribution in [2.24, 2.45) is 5.92 Å². The number of hydrogen-bond donors (Lipinski definition) is 1. The molecule has 1 rings (SSSR count). The highest BCUT2D eigenvalue weighted by Gasteiger charge is 2.34. The maximum atomic E-state index is 11.2. The molecule has 0 aromatic rings. The molecular weight excluding hydrogens is 234 g/mol. The van der Waals surface area contributed by atoms with Gasteiger partial charge in [-0.1, -0.05) is 12.2 Å². The fourth-order valence-electron chi connectivity index (χ4n) is 1.29. The third-order valence-corrected chi connectivity index (χ3v) is 4.03. The zero-order valence-corrected chi connectivity index (χ0v) is 10.2. The number of ketones is 1. The lowest BCUT2D eigenvalue weighted by Gasteiger charge is -2.25. The molecule has 1 fully saturated rings. The van der Waals surface area contributed by atoms with Gasteiger partial charge in [0.2, 0.25) is 0 Å². The standard InChI is InChI=1S/C9H13NO3S2/c1-5(6(2)11)8(14)10-4-15-3-7(10)9(12)13/h5,7H,3-4H2,1-2H3,(H,12,13). The van der Waals surface area contributed by atoms with Gasteiger partial charge < -0.3 is 10.0 Å². The van der Waals surface area contributed by atoms with E-state index >= 15 is 0 Å². The minimum Gasteiger partial charge on any atom is -0.480 e. The summed E-state index contributed by atoms with van der Waals surface area (Å²) in [5.41, 5.74) is 0. The lowest BCUT2D eigenvalue weighted by molar-refractivity contribution is -0.140. The fraction of sp³-hybridized carbons (Fsp3) is 0.667. The van der Waals surface area contributed by atoms with E-state index < -0.39 is 12.0 Å². The van der Waals surface area contributed by atoms with Gasteiger partial charge in [0.1, 0.15) is 11.8 Å². The van der Waals surface area contributed by atoms with Crippen LogP contribution in [0.3, 0.4) is 0 Å². The highest BCUT2D eigenvalue weighted by atomic mass is 32.2. The van der Waals surface area contributed by atoms with E-state index in [1.54, 1.807) is 11.8 Å². The van der Waals surface area contributed by atoms with Gasteiger partial charge in [-0.2, -0.15) is 0 Å². The van der Waals surface area contributed by atoms with E-state index in [4.69, 9.17) is 17.3 Å². The molecule has 0 aromatic heterocycles. The minimum atomic E-state index is -0.877. The van der Waals surface area contributed by atoms with Gasteiger partial charge in [0, 0.05) is 5.75 Å². The van der Waals surface area contributed by atoms with Crippen molar-refractivity contribution in [2.45, 2.75) is 19.9 Å². The van der Waals surface area contributed by atoms with Crippen molar-refractivity contribution in [3.63, 3.8) is 0 Å². The Balaban J connectivity index is 2.75. The molecule has 2 atom stereocenters. The van der Waals surface area contributed by atoms with E-state index in [9.17, 15) is 9.59 Å². The van der Waals surface area contributed by atoms with Crippen LogP contribution >= 0.6 is 24.0 Å². The topological polar surface area (TPSA) is 57.6 Å². The number of carboxylic acid groups (broad SMARTS) is 1. The normalized spacial score (nSPS) is 22.5. The summed E-state index contributed by atoms with van der Waals surface area (Å²) in [7, 11) is 0. The summed E-state index contributed by atoms with van der Waals surface area (Å²) >= 11 is 6.66. The number of rotatable bonds is 3. The first-order valence-corrected chi connectivity index (χ1v) is 6.13. The Morgan fingerprint density at radius 1 is 1.60 bits per heavy atom. The number of thiocarbonyl (C=S) groups is 1. The molecule has 0 bridgehead atoms. The molecule has 2 unspecified atom stereocenters. The molecular formula is C9H13NO3S2. The van der Waals surface area contributed by atoms with E-state index in [1.165, 1.54) is 18.7 Å². The number of hydrogen-bond acceptors (Lipinski definition) is 4. The van der Waals surface area contributed by atoms with Crippen LogP contribution in [0.5, 0.6) is 0 Å². The van der Waals surface area contributed by atoms with Crippen molar-refractivity contribution in [3.8, 4) is 0 Å². The van der Waals surface area contributed by atoms with Crippen LogP contribution < -0.4 is 0 Å². The fourth-order valence-corrected chi connectivity index (χ4v) is 2.89. The van der Waals surface area contributed by atoms with Gasteiger partial charge >= 0.3 is 5.97 Å². The van der Waals surface area contributed by atoms with Crippen LogP contribution in [0.1, 0.15) is 13.8 Å². The predicted molar refractivity (Wildman–Crippen MR) is 63.0 cm³/mol. The van der Waals surface area contributed by atoms with Gasteiger partial charge in [-0.05, 0) is 13.8 Å². The lowest BCUT2D eigenvalue weighted by Crippen LogP contribution is -2.44. The smallest absolute Gasteiger partial charge is 0.327 e. The molecule has 6 heteroatoms. The number of thioether (sulfide) groups is 1. The summed E-state index contributed by atoms with van der Waals surface area (Å²) in [5, 5.41) is 8.95. The Hall–Kier alpha value is -0.620. The lowest BCUT2D eigenvalue weighted by atomic mass is 10.1. The third-order valence-electron chi connectivity index (χ3n) is 2.43. The summed E-state index contributed by atoms with van der Waals surface area (Å²) < 4.78 is 0. The molecule has 1 aliphatic heterocycles. The number of carbonyl (C=O) groups excluding carboxylic acids is 1. The molecule has 0 aromatic carbocycles. The van der Waals surface area contributed by atoms with Gasteiger partial charge in [-0.25, -0.2) is 4.79 Å². The molecule has 1 heterocycles. The summed E-state index contributed by atoms with van der Waals surface area (Å²) in [5.74, 6) is -0.187. The van der Waals surface area contributed by atoms with E-state index in [1.807, 2.05) is 0 Å². The average Bonchev–Trinajstić information content (AvgIpc) is 2.63. The summed E-state index contributed by atoms with van der Waals surface area (Å²) in [4.78, 5) is 24.1. The number of carboxylic acids is 1. The maximum absolute atomic E-state index is 11.2. The molecule has 1 aliphatic rings. The number of aliphatic carboxylic acids is 1. The van der Waals surface area contributed by atoms with E-state index in [-0.39, 0.29) is 11.7 Å². The quantitative estimate of drug-likeness (QED) is 0.751. The van der Waals surface area contributed by atoms with Crippen LogP contribution in [0.15, 0.2) is 0 Å². The van der Waals surface area contributed by atoms with Gasteiger partial charge in [0.15, 0.2) is 0 Å². The molecule has 1 N–H and O–H groups in total. The van der Waals surface area contributed by atoms with E-state index in [2.05, 4.69) is 0 Å². The summed E-state index contributed by atoms with van der Waals surface area (Å²) in [6.07, 6.45) is 0. The van der Waals surface area contributed by atoms with Crippen LogP contribution in [0.4, 0.5) is 0 Å². The van der Waals surface area contributed by atoms with Gasteiger partial charge in [-0.15, -0.1) is 11.8 Å². The van der Waals surface area contributed by atoms with E-state index in [0.717, 1.165) is 0 Å². The highest BCUT2D eigenvalue weighted by Crippen LogP contribution is 2.24. The average molecular weight is 247 g/mol. The van der Waals surface area contributed by atoms with Crippen LogP contribution in [0, 0.1) is 5.92 Å². The predicted octanol–water partition coefficient (Wildman–Crippen LogP) is 0.998. The first-order chi connectivity index (χ1) is 6.95. The Bertz CT molecular complexity index is 306. The first kappa shape index (κ1) is 12.4. The second kappa shape index (κ2) is 4.94. The molecule has 4 nitrogen and oxygen atoms in total. The Morgan fingerprint density at radius 2 is 2.20 bits per heavy atom. The molecule has 0 saturated carbocycles. The SMILES string of the molecule is CC(=O)C(C)C(=S)N1CSCC1C(=O)O. The Morgan fingerprint density at radius 3 is 2.67 bits per heavy atom. The second-order valence-electron chi connectivity index (χ2n) is 3.49. The third kappa shape index (κ3) is 2.69. The van der Waals surface area contributed by atoms with Crippen LogP contribution in [-0.4, -0.2) is 44.4 Å². The largest absolute Gasteiger partial charge is 0.480 e. The Labute approximate surface area is 98.0 Å².